The van der Waals surface area contributed by atoms with Gasteiger partial charge >= 0.3 is 5.97 Å². The largest absolute Gasteiger partial charge is 0.476 e. The molecule has 3 rings (SSSR count). The highest BCUT2D eigenvalue weighted by Gasteiger charge is 2.26. The zero-order valence-electron chi connectivity index (χ0n) is 15.1. The summed E-state index contributed by atoms with van der Waals surface area (Å²) in [7, 11) is -3.84. The predicted molar refractivity (Wildman–Crippen MR) is 106 cm³/mol. The number of hydrogen-bond donors (Lipinski definition) is 2. The number of carboxylic acid groups (broad SMARTS) is 1. The molecule has 3 aromatic rings. The molecule has 3 N–H and O–H groups in total. The van der Waals surface area contributed by atoms with E-state index in [9.17, 15) is 18.3 Å². The lowest BCUT2D eigenvalue weighted by Crippen LogP contribution is -2.12. The average Bonchev–Trinajstić information content (AvgIpc) is 3.03. The van der Waals surface area contributed by atoms with Crippen molar-refractivity contribution in [2.45, 2.75) is 24.7 Å². The summed E-state index contributed by atoms with van der Waals surface area (Å²) in [6.45, 7) is 3.77. The van der Waals surface area contributed by atoms with E-state index in [4.69, 9.17) is 16.7 Å². The van der Waals surface area contributed by atoms with Gasteiger partial charge in [-0.15, -0.1) is 0 Å². The summed E-state index contributed by atoms with van der Waals surface area (Å²) < 4.78 is 24.5. The summed E-state index contributed by atoms with van der Waals surface area (Å²) in [5.74, 6) is -1.26. The monoisotopic (exact) mass is 419 g/mol. The molecule has 0 spiro atoms. The van der Waals surface area contributed by atoms with Crippen LogP contribution in [0.15, 0.2) is 53.4 Å². The number of aromatic carboxylic acids is 1. The van der Waals surface area contributed by atoms with Gasteiger partial charge in [-0.2, -0.15) is 5.10 Å². The minimum atomic E-state index is -3.84. The lowest BCUT2D eigenvalue weighted by atomic mass is 9.96. The third kappa shape index (κ3) is 3.80. The predicted octanol–water partition coefficient (Wildman–Crippen LogP) is 3.66. The Labute approximate surface area is 167 Å². The molecule has 0 aliphatic rings. The summed E-state index contributed by atoms with van der Waals surface area (Å²) in [5, 5.41) is 19.6. The first-order valence-electron chi connectivity index (χ1n) is 8.35. The first kappa shape index (κ1) is 20.1. The first-order chi connectivity index (χ1) is 13.1. The molecule has 0 aliphatic carbocycles. The van der Waals surface area contributed by atoms with Crippen LogP contribution in [-0.4, -0.2) is 29.3 Å². The van der Waals surface area contributed by atoms with E-state index in [2.05, 4.69) is 5.10 Å². The molecule has 1 aromatic heterocycles. The van der Waals surface area contributed by atoms with Crippen LogP contribution in [0.3, 0.4) is 0 Å². The topological polar surface area (TPSA) is 115 Å². The third-order valence-corrected chi connectivity index (χ3v) is 5.41. The number of aromatic nitrogens is 2. The fourth-order valence-electron chi connectivity index (χ4n) is 2.98. The van der Waals surface area contributed by atoms with Crippen LogP contribution in [0.25, 0.3) is 16.9 Å². The van der Waals surface area contributed by atoms with E-state index in [1.54, 1.807) is 24.3 Å². The number of nitrogens with two attached hydrogens (primary N) is 1. The Hall–Kier alpha value is -2.68. The van der Waals surface area contributed by atoms with Gasteiger partial charge < -0.3 is 5.11 Å². The maximum Gasteiger partial charge on any atom is 0.356 e. The van der Waals surface area contributed by atoms with Gasteiger partial charge in [-0.05, 0) is 42.3 Å². The molecule has 0 aliphatic heterocycles. The number of benzene rings is 2. The van der Waals surface area contributed by atoms with E-state index < -0.39 is 16.0 Å². The molecular weight excluding hydrogens is 402 g/mol. The van der Waals surface area contributed by atoms with Crippen LogP contribution in [0.1, 0.15) is 35.8 Å². The van der Waals surface area contributed by atoms with Crippen molar-refractivity contribution in [3.05, 3.63) is 64.8 Å². The average molecular weight is 420 g/mol. The van der Waals surface area contributed by atoms with Crippen molar-refractivity contribution in [3.63, 3.8) is 0 Å². The summed E-state index contributed by atoms with van der Waals surface area (Å²) in [6, 6.07) is 12.8. The van der Waals surface area contributed by atoms with E-state index in [1.807, 2.05) is 13.8 Å². The van der Waals surface area contributed by atoms with E-state index >= 15 is 0 Å². The number of primary sulfonamides is 1. The molecule has 0 atom stereocenters. The molecular formula is C19H18ClN3O4S. The van der Waals surface area contributed by atoms with Crippen molar-refractivity contribution in [2.24, 2.45) is 5.14 Å². The quantitative estimate of drug-likeness (QED) is 0.654. The zero-order chi connectivity index (χ0) is 20.6. The standard InChI is InChI=1S/C19H18ClN3O4S/c1-11(2)16-17(19(24)25)22-23(18(16)12-3-5-13(20)6-4-12)14-7-9-15(10-8-14)28(21,26)27/h3-11H,1-2H3,(H,24,25)(H2,21,26,27). The minimum absolute atomic E-state index is 0.0426. The van der Waals surface area contributed by atoms with Crippen molar-refractivity contribution in [1.29, 1.82) is 0 Å². The molecule has 0 fully saturated rings. The fraction of sp³-hybridized carbons (Fsp3) is 0.158. The van der Waals surface area contributed by atoms with Crippen LogP contribution in [0.2, 0.25) is 5.02 Å². The molecule has 0 amide bonds. The van der Waals surface area contributed by atoms with E-state index in [0.29, 0.717) is 22.0 Å². The summed E-state index contributed by atoms with van der Waals surface area (Å²) in [4.78, 5) is 11.8. The fourth-order valence-corrected chi connectivity index (χ4v) is 3.63. The number of carbonyl (C=O) groups is 1. The number of halogens is 1. The number of carboxylic acids is 1. The Morgan fingerprint density at radius 3 is 2.14 bits per heavy atom. The van der Waals surface area contributed by atoms with E-state index in [-0.39, 0.29) is 16.5 Å². The molecule has 7 nitrogen and oxygen atoms in total. The summed E-state index contributed by atoms with van der Waals surface area (Å²) in [6.07, 6.45) is 0. The van der Waals surface area contributed by atoms with Gasteiger partial charge in [0.1, 0.15) is 0 Å². The Bertz CT molecular complexity index is 1140. The molecule has 1 heterocycles. The van der Waals surface area contributed by atoms with Crippen molar-refractivity contribution in [2.75, 3.05) is 0 Å². The molecule has 0 saturated carbocycles. The van der Waals surface area contributed by atoms with Crippen LogP contribution in [0, 0.1) is 0 Å². The first-order valence-corrected chi connectivity index (χ1v) is 10.3. The summed E-state index contributed by atoms with van der Waals surface area (Å²) in [5.41, 5.74) is 2.36. The molecule has 0 radical (unpaired) electrons. The molecule has 0 bridgehead atoms. The Kier molecular flexibility index (Phi) is 5.29. The van der Waals surface area contributed by atoms with Crippen molar-refractivity contribution >= 4 is 27.6 Å². The smallest absolute Gasteiger partial charge is 0.356 e. The van der Waals surface area contributed by atoms with E-state index in [1.165, 1.54) is 28.9 Å². The number of rotatable bonds is 5. The van der Waals surface area contributed by atoms with Gasteiger partial charge in [0.15, 0.2) is 5.69 Å². The second kappa shape index (κ2) is 7.38. The van der Waals surface area contributed by atoms with Crippen LogP contribution in [0.4, 0.5) is 0 Å². The van der Waals surface area contributed by atoms with Gasteiger partial charge in [0, 0.05) is 16.1 Å². The second-order valence-electron chi connectivity index (χ2n) is 6.53. The lowest BCUT2D eigenvalue weighted by molar-refractivity contribution is 0.0688. The lowest BCUT2D eigenvalue weighted by Gasteiger charge is -2.12. The van der Waals surface area contributed by atoms with Gasteiger partial charge in [-0.25, -0.2) is 23.0 Å². The van der Waals surface area contributed by atoms with Gasteiger partial charge in [0.25, 0.3) is 0 Å². The van der Waals surface area contributed by atoms with Gasteiger partial charge in [0.2, 0.25) is 10.0 Å². The molecule has 28 heavy (non-hydrogen) atoms. The van der Waals surface area contributed by atoms with Gasteiger partial charge in [-0.1, -0.05) is 37.6 Å². The molecule has 0 saturated heterocycles. The Morgan fingerprint density at radius 1 is 1.11 bits per heavy atom. The molecule has 146 valence electrons. The van der Waals surface area contributed by atoms with Crippen LogP contribution in [0.5, 0.6) is 0 Å². The zero-order valence-corrected chi connectivity index (χ0v) is 16.7. The maximum atomic E-state index is 11.8. The SMILES string of the molecule is CC(C)c1c(C(=O)O)nn(-c2ccc(S(N)(=O)=O)cc2)c1-c1ccc(Cl)cc1. The number of sulfonamides is 1. The highest BCUT2D eigenvalue weighted by Crippen LogP contribution is 2.35. The van der Waals surface area contributed by atoms with Gasteiger partial charge in [0.05, 0.1) is 16.3 Å². The highest BCUT2D eigenvalue weighted by molar-refractivity contribution is 7.89. The Balaban J connectivity index is 2.30. The Morgan fingerprint density at radius 2 is 1.68 bits per heavy atom. The summed E-state index contributed by atoms with van der Waals surface area (Å²) >= 11 is 5.99. The minimum Gasteiger partial charge on any atom is -0.476 e. The van der Waals surface area contributed by atoms with Crippen molar-refractivity contribution < 1.29 is 18.3 Å². The maximum absolute atomic E-state index is 11.8. The normalized spacial score (nSPS) is 11.8. The molecule has 9 heteroatoms. The number of hydrogen-bond acceptors (Lipinski definition) is 4. The molecule has 0 unspecified atom stereocenters. The highest BCUT2D eigenvalue weighted by atomic mass is 35.5. The van der Waals surface area contributed by atoms with Crippen molar-refractivity contribution in [3.8, 4) is 16.9 Å². The molecule has 2 aromatic carbocycles. The number of nitrogens with zero attached hydrogens (tertiary/aromatic N) is 2. The van der Waals surface area contributed by atoms with E-state index in [0.717, 1.165) is 5.56 Å². The van der Waals surface area contributed by atoms with Crippen LogP contribution in [-0.2, 0) is 10.0 Å². The van der Waals surface area contributed by atoms with Crippen molar-refractivity contribution in [1.82, 2.24) is 9.78 Å². The van der Waals surface area contributed by atoms with Crippen LogP contribution < -0.4 is 5.14 Å². The van der Waals surface area contributed by atoms with Crippen LogP contribution >= 0.6 is 11.6 Å². The second-order valence-corrected chi connectivity index (χ2v) is 8.53. The third-order valence-electron chi connectivity index (χ3n) is 4.23. The van der Waals surface area contributed by atoms with Gasteiger partial charge in [-0.3, -0.25) is 0 Å².